The Labute approximate surface area is 147 Å². The van der Waals surface area contributed by atoms with Crippen LogP contribution in [0.2, 0.25) is 18.2 Å². The van der Waals surface area contributed by atoms with Gasteiger partial charge in [0.1, 0.15) is 17.4 Å². The Morgan fingerprint density at radius 3 is 2.92 bits per heavy atom. The van der Waals surface area contributed by atoms with E-state index >= 15 is 0 Å². The quantitative estimate of drug-likeness (QED) is 0.629. The van der Waals surface area contributed by atoms with E-state index in [4.69, 9.17) is 16.3 Å². The van der Waals surface area contributed by atoms with E-state index in [1.165, 1.54) is 5.46 Å². The van der Waals surface area contributed by atoms with Crippen LogP contribution in [0.4, 0.5) is 0 Å². The van der Waals surface area contributed by atoms with E-state index in [1.54, 1.807) is 12.4 Å². The molecule has 0 saturated heterocycles. The predicted molar refractivity (Wildman–Crippen MR) is 99.8 cm³/mol. The van der Waals surface area contributed by atoms with Crippen LogP contribution in [0.1, 0.15) is 32.1 Å². The molecule has 0 bridgehead atoms. The Kier molecular flexibility index (Phi) is 5.10. The maximum Gasteiger partial charge on any atom is 0.174 e. The number of rotatable bonds is 6. The van der Waals surface area contributed by atoms with Crippen LogP contribution in [-0.2, 0) is 0 Å². The molecule has 4 nitrogen and oxygen atoms in total. The first-order valence-electron chi connectivity index (χ1n) is 8.34. The number of hydrogen-bond acceptors (Lipinski definition) is 3. The zero-order chi connectivity index (χ0) is 17.1. The summed E-state index contributed by atoms with van der Waals surface area (Å²) in [5, 5.41) is 4.94. The summed E-state index contributed by atoms with van der Waals surface area (Å²) in [4.78, 5) is 4.37. The van der Waals surface area contributed by atoms with E-state index in [0.717, 1.165) is 29.7 Å². The number of nitrogens with zero attached hydrogens (tertiary/aromatic N) is 3. The molecule has 1 atom stereocenters. The zero-order valence-corrected chi connectivity index (χ0v) is 15.0. The fraction of sp³-hybridized carbons (Fsp3) is 0.333. The van der Waals surface area contributed by atoms with E-state index in [-0.39, 0.29) is 6.10 Å². The van der Waals surface area contributed by atoms with Crippen molar-refractivity contribution >= 4 is 29.3 Å². The summed E-state index contributed by atoms with van der Waals surface area (Å²) < 4.78 is 8.02. The molecule has 3 aromatic rings. The smallest absolute Gasteiger partial charge is 0.174 e. The molecule has 124 valence electrons. The molecule has 0 amide bonds. The Bertz CT molecular complexity index is 822. The highest BCUT2D eigenvalue weighted by atomic mass is 35.5. The normalized spacial score (nSPS) is 12.3. The van der Waals surface area contributed by atoms with Crippen LogP contribution in [0.5, 0.6) is 5.75 Å². The molecule has 24 heavy (non-hydrogen) atoms. The van der Waals surface area contributed by atoms with Crippen molar-refractivity contribution in [1.29, 1.82) is 0 Å². The third kappa shape index (κ3) is 3.41. The number of pyridine rings is 2. The fourth-order valence-corrected chi connectivity index (χ4v) is 3.12. The minimum absolute atomic E-state index is 0.169. The Morgan fingerprint density at radius 1 is 1.38 bits per heavy atom. The van der Waals surface area contributed by atoms with E-state index < -0.39 is 0 Å². The van der Waals surface area contributed by atoms with Gasteiger partial charge in [-0.2, -0.15) is 5.10 Å². The molecule has 0 aromatic carbocycles. The third-order valence-corrected chi connectivity index (χ3v) is 4.53. The number of ether oxygens (including phenoxy) is 1. The summed E-state index contributed by atoms with van der Waals surface area (Å²) in [6.07, 6.45) is 7.56. The summed E-state index contributed by atoms with van der Waals surface area (Å²) in [5.74, 6) is 0.746. The number of aromatic nitrogens is 3. The van der Waals surface area contributed by atoms with Gasteiger partial charge in [-0.05, 0) is 25.1 Å². The Morgan fingerprint density at radius 2 is 2.21 bits per heavy atom. The van der Waals surface area contributed by atoms with Crippen LogP contribution in [-0.4, -0.2) is 21.3 Å². The highest BCUT2D eigenvalue weighted by Gasteiger charge is 2.18. The van der Waals surface area contributed by atoms with Crippen molar-refractivity contribution in [2.75, 3.05) is 0 Å². The van der Waals surface area contributed by atoms with Crippen molar-refractivity contribution in [1.82, 2.24) is 14.6 Å². The first kappa shape index (κ1) is 16.8. The summed E-state index contributed by atoms with van der Waals surface area (Å²) in [5.41, 5.74) is 2.89. The molecule has 0 aliphatic heterocycles. The second-order valence-corrected chi connectivity index (χ2v) is 6.53. The summed E-state index contributed by atoms with van der Waals surface area (Å²) in [7, 11) is 0. The molecular weight excluding hydrogens is 320 g/mol. The van der Waals surface area contributed by atoms with Crippen LogP contribution in [0.25, 0.3) is 5.52 Å². The van der Waals surface area contributed by atoms with Crippen molar-refractivity contribution in [2.45, 2.75) is 39.5 Å². The van der Waals surface area contributed by atoms with Crippen LogP contribution < -0.4 is 10.2 Å². The Balaban J connectivity index is 2.00. The minimum atomic E-state index is -0.169. The second kappa shape index (κ2) is 7.26. The lowest BCUT2D eigenvalue weighted by atomic mass is 9.45. The maximum atomic E-state index is 6.32. The van der Waals surface area contributed by atoms with Gasteiger partial charge in [0.2, 0.25) is 0 Å². The first-order valence-corrected chi connectivity index (χ1v) is 8.72. The van der Waals surface area contributed by atoms with E-state index in [1.807, 2.05) is 35.8 Å². The number of fused-ring (bicyclic) bond motifs is 1. The lowest BCUT2D eigenvalue weighted by Crippen LogP contribution is -2.27. The van der Waals surface area contributed by atoms with Crippen LogP contribution in [0.3, 0.4) is 0 Å². The number of hydrogen-bond donors (Lipinski definition) is 0. The van der Waals surface area contributed by atoms with Crippen molar-refractivity contribution in [3.8, 4) is 5.75 Å². The molecule has 0 fully saturated rings. The van der Waals surface area contributed by atoms with Crippen LogP contribution in [0.15, 0.2) is 42.9 Å². The molecular formula is C18H21BClN3O. The van der Waals surface area contributed by atoms with Crippen molar-refractivity contribution in [3.63, 3.8) is 0 Å². The molecule has 3 aromatic heterocycles. The predicted octanol–water partition coefficient (Wildman–Crippen LogP) is 4.26. The zero-order valence-electron chi connectivity index (χ0n) is 14.2. The van der Waals surface area contributed by atoms with Gasteiger partial charge in [-0.3, -0.25) is 4.98 Å². The lowest BCUT2D eigenvalue weighted by Gasteiger charge is -2.17. The molecule has 6 heteroatoms. The number of halogens is 1. The standard InChI is InChI=1S/C18H21BClN3O/c1-4-8-19(3)14-10-17(18-15(20)11-22-23(18)12-14)24-13(2)16-7-5-6-9-21-16/h5-7,9-13H,4,8H2,1-3H3. The monoisotopic (exact) mass is 341 g/mol. The van der Waals surface area contributed by atoms with Gasteiger partial charge in [-0.1, -0.05) is 49.6 Å². The topological polar surface area (TPSA) is 39.4 Å². The van der Waals surface area contributed by atoms with Crippen molar-refractivity contribution in [2.24, 2.45) is 0 Å². The average Bonchev–Trinajstić information content (AvgIpc) is 2.97. The molecule has 0 aliphatic carbocycles. The van der Waals surface area contributed by atoms with Gasteiger partial charge in [0, 0.05) is 12.4 Å². The van der Waals surface area contributed by atoms with Gasteiger partial charge >= 0.3 is 0 Å². The summed E-state index contributed by atoms with van der Waals surface area (Å²) in [6, 6.07) is 7.91. The minimum Gasteiger partial charge on any atom is -0.482 e. The van der Waals surface area contributed by atoms with E-state index in [9.17, 15) is 0 Å². The highest BCUT2D eigenvalue weighted by molar-refractivity contribution is 6.72. The molecule has 3 heterocycles. The van der Waals surface area contributed by atoms with Gasteiger partial charge < -0.3 is 4.74 Å². The summed E-state index contributed by atoms with van der Waals surface area (Å²) >= 11 is 6.32. The molecule has 1 unspecified atom stereocenters. The highest BCUT2D eigenvalue weighted by Crippen LogP contribution is 2.29. The average molecular weight is 342 g/mol. The van der Waals surface area contributed by atoms with Gasteiger partial charge in [0.05, 0.1) is 16.9 Å². The molecule has 3 rings (SSSR count). The fourth-order valence-electron chi connectivity index (χ4n) is 2.89. The van der Waals surface area contributed by atoms with E-state index in [0.29, 0.717) is 11.7 Å². The molecule has 0 saturated carbocycles. The van der Waals surface area contributed by atoms with Gasteiger partial charge in [0.25, 0.3) is 0 Å². The molecule has 0 radical (unpaired) electrons. The van der Waals surface area contributed by atoms with E-state index in [2.05, 4.69) is 29.9 Å². The third-order valence-electron chi connectivity index (χ3n) is 4.25. The van der Waals surface area contributed by atoms with Gasteiger partial charge in [-0.15, -0.1) is 0 Å². The van der Waals surface area contributed by atoms with Crippen molar-refractivity contribution in [3.05, 3.63) is 53.6 Å². The molecule has 0 aliphatic rings. The maximum absolute atomic E-state index is 6.32. The van der Waals surface area contributed by atoms with Crippen molar-refractivity contribution < 1.29 is 4.74 Å². The lowest BCUT2D eigenvalue weighted by molar-refractivity contribution is 0.224. The second-order valence-electron chi connectivity index (χ2n) is 6.13. The van der Waals surface area contributed by atoms with Gasteiger partial charge in [-0.25, -0.2) is 4.52 Å². The molecule has 0 spiro atoms. The van der Waals surface area contributed by atoms with Crippen LogP contribution in [0, 0.1) is 0 Å². The largest absolute Gasteiger partial charge is 0.482 e. The van der Waals surface area contributed by atoms with Gasteiger partial charge in [0.15, 0.2) is 6.71 Å². The SMILES string of the molecule is CCCB(C)c1cc(OC(C)c2ccccn2)c2c(Cl)cnn2c1. The summed E-state index contributed by atoms with van der Waals surface area (Å²) in [6.45, 7) is 6.85. The Hall–Kier alpha value is -2.01. The molecule has 0 N–H and O–H groups in total. The van der Waals surface area contributed by atoms with Crippen LogP contribution >= 0.6 is 11.6 Å². The first-order chi connectivity index (χ1) is 11.6.